The van der Waals surface area contributed by atoms with E-state index < -0.39 is 11.7 Å². The van der Waals surface area contributed by atoms with E-state index in [-0.39, 0.29) is 12.0 Å². The van der Waals surface area contributed by atoms with Gasteiger partial charge in [0, 0.05) is 12.2 Å². The number of nitrogens with two attached hydrogens (primary N) is 1. The number of anilines is 1. The molecule has 1 aliphatic heterocycles. The summed E-state index contributed by atoms with van der Waals surface area (Å²) in [6, 6.07) is 11.0. The molecule has 0 aliphatic carbocycles. The van der Waals surface area contributed by atoms with Gasteiger partial charge in [0.2, 0.25) is 6.41 Å². The largest absolute Gasteiger partial charge is 0.416 e. The molecule has 0 bridgehead atoms. The summed E-state index contributed by atoms with van der Waals surface area (Å²) in [6.07, 6.45) is -2.11. The third-order valence-electron chi connectivity index (χ3n) is 5.18. The lowest BCUT2D eigenvalue weighted by molar-refractivity contribution is -0.137. The summed E-state index contributed by atoms with van der Waals surface area (Å²) >= 11 is 0. The van der Waals surface area contributed by atoms with Crippen LogP contribution in [0.4, 0.5) is 18.9 Å². The van der Waals surface area contributed by atoms with Crippen molar-refractivity contribution in [2.75, 3.05) is 12.3 Å². The zero-order chi connectivity index (χ0) is 18.9. The van der Waals surface area contributed by atoms with E-state index in [2.05, 4.69) is 0 Å². The van der Waals surface area contributed by atoms with Gasteiger partial charge >= 0.3 is 6.18 Å². The molecule has 0 spiro atoms. The third-order valence-corrected chi connectivity index (χ3v) is 5.18. The van der Waals surface area contributed by atoms with Gasteiger partial charge in [0.15, 0.2) is 0 Å². The molecular formula is C20H21F3N2O. The SMILES string of the molecule is Cc1ccc(C2CC(c3ccc(C(F)(F)F)cc3)CCN2C=O)cc1N. The fourth-order valence-corrected chi connectivity index (χ4v) is 3.55. The number of carbonyl (C=O) groups excluding carboxylic acids is 1. The number of alkyl halides is 3. The van der Waals surface area contributed by atoms with E-state index in [4.69, 9.17) is 5.73 Å². The Bertz CT molecular complexity index is 787. The van der Waals surface area contributed by atoms with Crippen molar-refractivity contribution < 1.29 is 18.0 Å². The van der Waals surface area contributed by atoms with Crippen LogP contribution in [0.3, 0.4) is 0 Å². The first-order valence-electron chi connectivity index (χ1n) is 8.54. The average Bonchev–Trinajstić information content (AvgIpc) is 2.63. The van der Waals surface area contributed by atoms with E-state index in [0.29, 0.717) is 18.7 Å². The van der Waals surface area contributed by atoms with Crippen molar-refractivity contribution >= 4 is 12.1 Å². The zero-order valence-electron chi connectivity index (χ0n) is 14.5. The lowest BCUT2D eigenvalue weighted by Crippen LogP contribution is -2.35. The van der Waals surface area contributed by atoms with E-state index in [1.165, 1.54) is 0 Å². The van der Waals surface area contributed by atoms with Gasteiger partial charge in [-0.15, -0.1) is 0 Å². The van der Waals surface area contributed by atoms with Gasteiger partial charge in [-0.3, -0.25) is 4.79 Å². The minimum Gasteiger partial charge on any atom is -0.399 e. The summed E-state index contributed by atoms with van der Waals surface area (Å²) in [6.45, 7) is 2.48. The molecule has 1 amide bonds. The van der Waals surface area contributed by atoms with Gasteiger partial charge in [-0.25, -0.2) is 0 Å². The second kappa shape index (κ2) is 7.02. The summed E-state index contributed by atoms with van der Waals surface area (Å²) in [5.41, 5.74) is 8.83. The highest BCUT2D eigenvalue weighted by atomic mass is 19.4. The summed E-state index contributed by atoms with van der Waals surface area (Å²) in [5.74, 6) is 0.0982. The summed E-state index contributed by atoms with van der Waals surface area (Å²) in [5, 5.41) is 0. The second-order valence-corrected chi connectivity index (χ2v) is 6.82. The maximum atomic E-state index is 12.8. The van der Waals surface area contributed by atoms with Crippen LogP contribution in [0, 0.1) is 6.92 Å². The molecule has 3 rings (SSSR count). The molecule has 3 nitrogen and oxygen atoms in total. The van der Waals surface area contributed by atoms with Crippen molar-refractivity contribution in [2.45, 2.75) is 37.9 Å². The Hall–Kier alpha value is -2.50. The Morgan fingerprint density at radius 3 is 2.35 bits per heavy atom. The molecule has 0 saturated carbocycles. The van der Waals surface area contributed by atoms with Gasteiger partial charge in [-0.05, 0) is 60.6 Å². The van der Waals surface area contributed by atoms with Crippen LogP contribution >= 0.6 is 0 Å². The van der Waals surface area contributed by atoms with Gasteiger partial charge in [-0.2, -0.15) is 13.2 Å². The zero-order valence-corrected chi connectivity index (χ0v) is 14.5. The Labute approximate surface area is 150 Å². The number of nitrogen functional groups attached to an aromatic ring is 1. The first kappa shape index (κ1) is 18.3. The molecule has 6 heteroatoms. The van der Waals surface area contributed by atoms with Crippen molar-refractivity contribution in [3.63, 3.8) is 0 Å². The maximum Gasteiger partial charge on any atom is 0.416 e. The number of halogens is 3. The molecule has 1 heterocycles. The van der Waals surface area contributed by atoms with Crippen LogP contribution in [0.1, 0.15) is 47.1 Å². The monoisotopic (exact) mass is 362 g/mol. The van der Waals surface area contributed by atoms with Crippen LogP contribution in [0.25, 0.3) is 0 Å². The molecule has 1 fully saturated rings. The highest BCUT2D eigenvalue weighted by Gasteiger charge is 2.32. The highest BCUT2D eigenvalue weighted by molar-refractivity contribution is 5.53. The van der Waals surface area contributed by atoms with Crippen molar-refractivity contribution in [3.8, 4) is 0 Å². The molecular weight excluding hydrogens is 341 g/mol. The molecule has 1 aliphatic rings. The number of benzene rings is 2. The molecule has 26 heavy (non-hydrogen) atoms. The Morgan fingerprint density at radius 2 is 1.77 bits per heavy atom. The maximum absolute atomic E-state index is 12.8. The van der Waals surface area contributed by atoms with Gasteiger partial charge in [0.25, 0.3) is 0 Å². The molecule has 1 saturated heterocycles. The van der Waals surface area contributed by atoms with Crippen LogP contribution in [0.2, 0.25) is 0 Å². The van der Waals surface area contributed by atoms with Crippen LogP contribution in [0.5, 0.6) is 0 Å². The number of hydrogen-bond acceptors (Lipinski definition) is 2. The van der Waals surface area contributed by atoms with Gasteiger partial charge in [0.1, 0.15) is 0 Å². The molecule has 2 unspecified atom stereocenters. The number of carbonyl (C=O) groups is 1. The van der Waals surface area contributed by atoms with Crippen LogP contribution < -0.4 is 5.73 Å². The number of nitrogens with zero attached hydrogens (tertiary/aromatic N) is 1. The minimum atomic E-state index is -4.33. The predicted molar refractivity (Wildman–Crippen MR) is 94.5 cm³/mol. The first-order valence-corrected chi connectivity index (χ1v) is 8.54. The first-order chi connectivity index (χ1) is 12.3. The van der Waals surface area contributed by atoms with Crippen molar-refractivity contribution in [1.82, 2.24) is 4.90 Å². The molecule has 0 aromatic heterocycles. The van der Waals surface area contributed by atoms with Gasteiger partial charge in [-0.1, -0.05) is 24.3 Å². The Morgan fingerprint density at radius 1 is 1.12 bits per heavy atom. The van der Waals surface area contributed by atoms with Gasteiger partial charge in [0.05, 0.1) is 11.6 Å². The number of likely N-dealkylation sites (tertiary alicyclic amines) is 1. The summed E-state index contributed by atoms with van der Waals surface area (Å²) in [7, 11) is 0. The third kappa shape index (κ3) is 3.69. The summed E-state index contributed by atoms with van der Waals surface area (Å²) < 4.78 is 38.3. The van der Waals surface area contributed by atoms with Gasteiger partial charge < -0.3 is 10.6 Å². The fraction of sp³-hybridized carbons (Fsp3) is 0.350. The van der Waals surface area contributed by atoms with Crippen LogP contribution in [-0.2, 0) is 11.0 Å². The van der Waals surface area contributed by atoms with E-state index in [1.807, 2.05) is 25.1 Å². The van der Waals surface area contributed by atoms with E-state index in [1.54, 1.807) is 17.0 Å². The number of aryl methyl sites for hydroxylation is 1. The average molecular weight is 362 g/mol. The number of amides is 1. The number of hydrogen-bond donors (Lipinski definition) is 1. The van der Waals surface area contributed by atoms with Crippen molar-refractivity contribution in [3.05, 3.63) is 64.7 Å². The molecule has 0 radical (unpaired) electrons. The standard InChI is InChI=1S/C20H21F3N2O/c1-13-2-3-16(10-18(13)24)19-11-15(8-9-25(19)12-26)14-4-6-17(7-5-14)20(21,22)23/h2-7,10,12,15,19H,8-9,11,24H2,1H3. The number of rotatable bonds is 3. The molecule has 2 aromatic rings. The Kier molecular flexibility index (Phi) is 4.94. The van der Waals surface area contributed by atoms with Crippen molar-refractivity contribution in [1.29, 1.82) is 0 Å². The lowest BCUT2D eigenvalue weighted by Gasteiger charge is -2.38. The van der Waals surface area contributed by atoms with Crippen molar-refractivity contribution in [2.24, 2.45) is 0 Å². The molecule has 2 atom stereocenters. The van der Waals surface area contributed by atoms with E-state index >= 15 is 0 Å². The predicted octanol–water partition coefficient (Wildman–Crippen LogP) is 4.67. The van der Waals surface area contributed by atoms with E-state index in [0.717, 1.165) is 41.7 Å². The molecule has 2 N–H and O–H groups in total. The quantitative estimate of drug-likeness (QED) is 0.637. The van der Waals surface area contributed by atoms with E-state index in [9.17, 15) is 18.0 Å². The van der Waals surface area contributed by atoms with Crippen LogP contribution in [-0.4, -0.2) is 17.9 Å². The minimum absolute atomic E-state index is 0.0982. The molecule has 2 aromatic carbocycles. The lowest BCUT2D eigenvalue weighted by atomic mass is 9.82. The number of piperidine rings is 1. The second-order valence-electron chi connectivity index (χ2n) is 6.82. The fourth-order valence-electron chi connectivity index (χ4n) is 3.55. The van der Waals surface area contributed by atoms with Crippen LogP contribution in [0.15, 0.2) is 42.5 Å². The highest BCUT2D eigenvalue weighted by Crippen LogP contribution is 2.40. The normalized spacial score (nSPS) is 20.8. The topological polar surface area (TPSA) is 46.3 Å². The summed E-state index contributed by atoms with van der Waals surface area (Å²) in [4.78, 5) is 13.2. The smallest absolute Gasteiger partial charge is 0.399 e. The Balaban J connectivity index is 1.85. The molecule has 138 valence electrons.